The predicted octanol–water partition coefficient (Wildman–Crippen LogP) is 2.75. The van der Waals surface area contributed by atoms with Gasteiger partial charge in [-0.1, -0.05) is 26.5 Å². The number of carbonyl (C=O) groups excluding carboxylic acids is 4. The van der Waals surface area contributed by atoms with Crippen molar-refractivity contribution in [1.29, 1.82) is 0 Å². The first-order valence-electron chi connectivity index (χ1n) is 15.3. The summed E-state index contributed by atoms with van der Waals surface area (Å²) in [6.45, 7) is 9.07. The summed E-state index contributed by atoms with van der Waals surface area (Å²) < 4.78 is 12.2. The van der Waals surface area contributed by atoms with E-state index in [2.05, 4.69) is 6.58 Å². The van der Waals surface area contributed by atoms with Gasteiger partial charge in [0.15, 0.2) is 11.4 Å². The normalized spacial score (nSPS) is 46.6. The number of rotatable bonds is 3. The van der Waals surface area contributed by atoms with E-state index in [4.69, 9.17) is 9.47 Å². The zero-order valence-corrected chi connectivity index (χ0v) is 24.8. The number of likely N-dealkylation sites (tertiary alicyclic amines) is 1. The minimum Gasteiger partial charge on any atom is -0.446 e. The summed E-state index contributed by atoms with van der Waals surface area (Å²) in [4.78, 5) is 57.3. The van der Waals surface area contributed by atoms with E-state index in [9.17, 15) is 29.4 Å². The number of nitrogens with zero attached hydrogens (tertiary/aromatic N) is 1. The second-order valence-electron chi connectivity index (χ2n) is 14.5. The number of ether oxygens (including phenoxy) is 2. The third kappa shape index (κ3) is 2.70. The molecule has 9 unspecified atom stereocenters. The molecule has 8 fully saturated rings. The average molecular weight is 596 g/mol. The highest BCUT2D eigenvalue weighted by atomic mass is 32.1. The van der Waals surface area contributed by atoms with Crippen LogP contribution in [0.15, 0.2) is 29.7 Å². The number of ketones is 2. The molecule has 224 valence electrons. The quantitative estimate of drug-likeness (QED) is 0.403. The largest absolute Gasteiger partial charge is 0.446 e. The Bertz CT molecular complexity index is 1450. The van der Waals surface area contributed by atoms with Crippen molar-refractivity contribution in [2.45, 2.75) is 69.9 Å². The highest BCUT2D eigenvalue weighted by Gasteiger charge is 2.97. The van der Waals surface area contributed by atoms with Gasteiger partial charge < -0.3 is 24.6 Å². The van der Waals surface area contributed by atoms with Crippen LogP contribution in [0.25, 0.3) is 0 Å². The van der Waals surface area contributed by atoms with Crippen LogP contribution in [0.1, 0.15) is 62.0 Å². The fraction of sp³-hybridized carbons (Fsp3) is 0.688. The number of fused-ring (bicyclic) bond motifs is 1. The Kier molecular flexibility index (Phi) is 5.30. The van der Waals surface area contributed by atoms with E-state index < -0.39 is 69.2 Å². The SMILES string of the molecule is C=C1C2CCC3C45COC(O)(C(O)C4C(C)(C)CCC5=O)C34C(=O)C1(OC(=O)C1CCN(C(=O)c3cccs3)CC1)C24. The molecule has 1 amide bonds. The van der Waals surface area contributed by atoms with E-state index in [1.807, 2.05) is 25.3 Å². The number of esters is 1. The number of hydrogen-bond donors (Lipinski definition) is 2. The summed E-state index contributed by atoms with van der Waals surface area (Å²) >= 11 is 1.39. The lowest BCUT2D eigenvalue weighted by Gasteiger charge is -2.84. The van der Waals surface area contributed by atoms with Crippen LogP contribution in [-0.4, -0.2) is 75.7 Å². The molecule has 2 spiro atoms. The van der Waals surface area contributed by atoms with Crippen molar-refractivity contribution in [3.05, 3.63) is 34.5 Å². The van der Waals surface area contributed by atoms with Gasteiger partial charge in [-0.05, 0) is 66.4 Å². The van der Waals surface area contributed by atoms with Crippen LogP contribution in [0.4, 0.5) is 0 Å². The van der Waals surface area contributed by atoms with Gasteiger partial charge in [0.2, 0.25) is 5.79 Å². The number of thiophene rings is 1. The predicted molar refractivity (Wildman–Crippen MR) is 149 cm³/mol. The minimum absolute atomic E-state index is 0.000231. The number of carbonyl (C=O) groups is 4. The molecule has 1 aromatic heterocycles. The highest BCUT2D eigenvalue weighted by molar-refractivity contribution is 7.12. The topological polar surface area (TPSA) is 130 Å². The molecular weight excluding hydrogens is 558 g/mol. The Morgan fingerprint density at radius 1 is 1.14 bits per heavy atom. The first-order chi connectivity index (χ1) is 19.9. The van der Waals surface area contributed by atoms with Crippen LogP contribution in [0.5, 0.6) is 0 Å². The fourth-order valence-electron chi connectivity index (χ4n) is 11.0. The molecule has 4 heterocycles. The first-order valence-corrected chi connectivity index (χ1v) is 16.1. The van der Waals surface area contributed by atoms with E-state index in [0.717, 1.165) is 0 Å². The first kappa shape index (κ1) is 27.2. The van der Waals surface area contributed by atoms with Gasteiger partial charge in [-0.2, -0.15) is 0 Å². The van der Waals surface area contributed by atoms with E-state index in [-0.39, 0.29) is 24.2 Å². The van der Waals surface area contributed by atoms with Gasteiger partial charge in [0.1, 0.15) is 17.3 Å². The molecule has 9 atom stereocenters. The third-order valence-electron chi connectivity index (χ3n) is 12.8. The lowest BCUT2D eigenvalue weighted by atomic mass is 9.21. The molecule has 2 bridgehead atoms. The summed E-state index contributed by atoms with van der Waals surface area (Å²) in [6.07, 6.45) is 1.60. The van der Waals surface area contributed by atoms with Gasteiger partial charge in [-0.3, -0.25) is 19.2 Å². The lowest BCUT2D eigenvalue weighted by molar-refractivity contribution is -0.465. The molecule has 9 rings (SSSR count). The van der Waals surface area contributed by atoms with Crippen molar-refractivity contribution in [1.82, 2.24) is 4.90 Å². The Balaban J connectivity index is 1.09. The van der Waals surface area contributed by atoms with E-state index in [1.165, 1.54) is 11.3 Å². The van der Waals surface area contributed by atoms with Gasteiger partial charge in [0.25, 0.3) is 5.91 Å². The molecular formula is C32H37NO8S. The van der Waals surface area contributed by atoms with E-state index >= 15 is 0 Å². The van der Waals surface area contributed by atoms with Gasteiger partial charge in [0, 0.05) is 31.3 Å². The molecule has 8 aliphatic rings. The van der Waals surface area contributed by atoms with Crippen LogP contribution < -0.4 is 0 Å². The third-order valence-corrected chi connectivity index (χ3v) is 13.6. The number of piperidine rings is 1. The zero-order valence-electron chi connectivity index (χ0n) is 24.0. The maximum absolute atomic E-state index is 14.6. The van der Waals surface area contributed by atoms with Crippen molar-refractivity contribution >= 4 is 34.8 Å². The van der Waals surface area contributed by atoms with Crippen LogP contribution in [0.2, 0.25) is 0 Å². The number of amides is 1. The summed E-state index contributed by atoms with van der Waals surface area (Å²) in [5, 5.41) is 25.9. The van der Waals surface area contributed by atoms with Gasteiger partial charge in [-0.15, -0.1) is 11.3 Å². The van der Waals surface area contributed by atoms with Crippen LogP contribution >= 0.6 is 11.3 Å². The van der Waals surface area contributed by atoms with Crippen molar-refractivity contribution in [2.75, 3.05) is 19.7 Å². The summed E-state index contributed by atoms with van der Waals surface area (Å²) in [5.74, 6) is -5.45. The summed E-state index contributed by atoms with van der Waals surface area (Å²) in [5.41, 5.74) is -4.04. The van der Waals surface area contributed by atoms with Crippen LogP contribution in [0, 0.1) is 45.8 Å². The van der Waals surface area contributed by atoms with Gasteiger partial charge in [0.05, 0.1) is 22.8 Å². The molecule has 10 heteroatoms. The highest BCUT2D eigenvalue weighted by Crippen LogP contribution is 2.85. The van der Waals surface area contributed by atoms with Gasteiger partial charge >= 0.3 is 5.97 Å². The summed E-state index contributed by atoms with van der Waals surface area (Å²) in [6, 6.07) is 3.62. The number of aliphatic hydroxyl groups excluding tert-OH is 1. The van der Waals surface area contributed by atoms with Crippen LogP contribution in [0.3, 0.4) is 0 Å². The molecule has 3 aliphatic heterocycles. The van der Waals surface area contributed by atoms with Crippen LogP contribution in [-0.2, 0) is 23.9 Å². The Morgan fingerprint density at radius 3 is 2.57 bits per heavy atom. The fourth-order valence-corrected chi connectivity index (χ4v) is 11.7. The molecule has 42 heavy (non-hydrogen) atoms. The number of Topliss-reactive ketones (excluding diaryl/α,β-unsaturated/α-hetero) is 2. The van der Waals surface area contributed by atoms with E-state index in [0.29, 0.717) is 62.1 Å². The van der Waals surface area contributed by atoms with E-state index in [1.54, 1.807) is 11.0 Å². The minimum atomic E-state index is -2.16. The Labute approximate surface area is 248 Å². The molecule has 3 saturated heterocycles. The molecule has 9 nitrogen and oxygen atoms in total. The zero-order chi connectivity index (χ0) is 29.6. The Morgan fingerprint density at radius 2 is 1.88 bits per heavy atom. The molecule has 0 aromatic carbocycles. The number of hydrogen-bond acceptors (Lipinski definition) is 9. The van der Waals surface area contributed by atoms with Gasteiger partial charge in [-0.25, -0.2) is 0 Å². The molecule has 5 aliphatic carbocycles. The maximum atomic E-state index is 14.6. The molecule has 0 radical (unpaired) electrons. The molecule has 2 N–H and O–H groups in total. The Hall–Kier alpha value is -2.40. The number of aliphatic hydroxyl groups is 2. The standard InChI is InChI=1S/C32H37NO8S/c1-16-18-6-7-20-29-15-40-32(39,24(35)23(29)28(2,3)11-8-21(29)34)30(20)22(18)31(16,27(30)38)41-26(37)17-9-12-33(13-10-17)25(36)19-5-4-14-42-19/h4-5,14,17-18,20,22-24,35,39H,1,6-13,15H2,2-3H3. The second kappa shape index (κ2) is 8.20. The second-order valence-corrected chi connectivity index (χ2v) is 15.4. The van der Waals surface area contributed by atoms with Crippen molar-refractivity contribution in [3.8, 4) is 0 Å². The average Bonchev–Trinajstić information content (AvgIpc) is 3.52. The molecule has 5 saturated carbocycles. The van der Waals surface area contributed by atoms with Crippen molar-refractivity contribution in [2.24, 2.45) is 45.8 Å². The van der Waals surface area contributed by atoms with Crippen molar-refractivity contribution in [3.63, 3.8) is 0 Å². The maximum Gasteiger partial charge on any atom is 0.310 e. The smallest absolute Gasteiger partial charge is 0.310 e. The van der Waals surface area contributed by atoms with Crippen molar-refractivity contribution < 1.29 is 38.9 Å². The lowest BCUT2D eigenvalue weighted by Crippen LogP contribution is -2.97. The molecule has 1 aromatic rings. The summed E-state index contributed by atoms with van der Waals surface area (Å²) in [7, 11) is 0. The monoisotopic (exact) mass is 595 g/mol.